The van der Waals surface area contributed by atoms with Gasteiger partial charge in [-0.1, -0.05) is 0 Å². The SMILES string of the molecule is CN=C(NCCC1CCCN(C(=O)OC(C)(C)C)C1)N(C)Cc1cccn1C. The van der Waals surface area contributed by atoms with Gasteiger partial charge in [0.1, 0.15) is 5.60 Å². The van der Waals surface area contributed by atoms with Crippen molar-refractivity contribution < 1.29 is 9.53 Å². The summed E-state index contributed by atoms with van der Waals surface area (Å²) in [7, 11) is 5.92. The Morgan fingerprint density at radius 1 is 1.43 bits per heavy atom. The van der Waals surface area contributed by atoms with Crippen molar-refractivity contribution >= 4 is 12.1 Å². The van der Waals surface area contributed by atoms with E-state index in [1.165, 1.54) is 5.69 Å². The maximum Gasteiger partial charge on any atom is 0.410 e. The molecule has 2 heterocycles. The number of amides is 1. The standard InChI is InChI=1S/C21H37N5O2/c1-21(2,3)28-20(27)26-14-7-9-17(15-26)11-12-23-19(22-4)25(6)16-18-10-8-13-24(18)5/h8,10,13,17H,7,9,11-12,14-16H2,1-6H3,(H,22,23). The van der Waals surface area contributed by atoms with E-state index in [1.807, 2.05) is 39.8 Å². The second-order valence-electron chi connectivity index (χ2n) is 8.66. The molecule has 7 nitrogen and oxygen atoms in total. The van der Waals surface area contributed by atoms with E-state index in [4.69, 9.17) is 4.74 Å². The Labute approximate surface area is 169 Å². The Morgan fingerprint density at radius 2 is 2.18 bits per heavy atom. The monoisotopic (exact) mass is 391 g/mol. The third kappa shape index (κ3) is 6.77. The predicted octanol–water partition coefficient (Wildman–Crippen LogP) is 3.07. The molecule has 1 unspecified atom stereocenters. The normalized spacial score (nSPS) is 18.1. The van der Waals surface area contributed by atoms with E-state index in [2.05, 4.69) is 45.2 Å². The van der Waals surface area contributed by atoms with Crippen molar-refractivity contribution in [3.05, 3.63) is 24.0 Å². The molecule has 0 saturated carbocycles. The quantitative estimate of drug-likeness (QED) is 0.619. The Balaban J connectivity index is 1.78. The van der Waals surface area contributed by atoms with Crippen LogP contribution in [-0.4, -0.2) is 65.8 Å². The molecule has 1 atom stereocenters. The third-order valence-corrected chi connectivity index (χ3v) is 5.03. The van der Waals surface area contributed by atoms with Gasteiger partial charge in [0, 0.05) is 52.7 Å². The summed E-state index contributed by atoms with van der Waals surface area (Å²) >= 11 is 0. The number of aliphatic imine (C=N–C) groups is 1. The van der Waals surface area contributed by atoms with Gasteiger partial charge >= 0.3 is 6.09 Å². The molecule has 1 N–H and O–H groups in total. The number of carbonyl (C=O) groups excluding carboxylic acids is 1. The predicted molar refractivity (Wildman–Crippen MR) is 113 cm³/mol. The maximum absolute atomic E-state index is 12.3. The summed E-state index contributed by atoms with van der Waals surface area (Å²) in [6, 6.07) is 4.18. The van der Waals surface area contributed by atoms with Gasteiger partial charge in [-0.05, 0) is 58.1 Å². The number of aromatic nitrogens is 1. The highest BCUT2D eigenvalue weighted by atomic mass is 16.6. The van der Waals surface area contributed by atoms with Gasteiger partial charge in [0.15, 0.2) is 5.96 Å². The van der Waals surface area contributed by atoms with Crippen LogP contribution in [0, 0.1) is 5.92 Å². The minimum atomic E-state index is -0.443. The summed E-state index contributed by atoms with van der Waals surface area (Å²) in [5.74, 6) is 1.38. The molecule has 0 aromatic carbocycles. The van der Waals surface area contributed by atoms with Crippen LogP contribution < -0.4 is 5.32 Å². The molecule has 1 saturated heterocycles. The Kier molecular flexibility index (Phi) is 7.78. The van der Waals surface area contributed by atoms with Crippen LogP contribution in [0.5, 0.6) is 0 Å². The Bertz CT molecular complexity index is 662. The number of hydrogen-bond acceptors (Lipinski definition) is 3. The van der Waals surface area contributed by atoms with Crippen molar-refractivity contribution in [2.45, 2.75) is 52.2 Å². The van der Waals surface area contributed by atoms with Gasteiger partial charge in [-0.2, -0.15) is 0 Å². The van der Waals surface area contributed by atoms with Crippen molar-refractivity contribution in [1.29, 1.82) is 0 Å². The highest BCUT2D eigenvalue weighted by molar-refractivity contribution is 5.79. The molecule has 1 fully saturated rings. The van der Waals surface area contributed by atoms with Gasteiger partial charge in [-0.25, -0.2) is 4.79 Å². The van der Waals surface area contributed by atoms with Gasteiger partial charge in [-0.15, -0.1) is 0 Å². The molecule has 0 bridgehead atoms. The molecule has 1 aliphatic heterocycles. The molecule has 1 amide bonds. The molecular formula is C21H37N5O2. The largest absolute Gasteiger partial charge is 0.444 e. The molecule has 7 heteroatoms. The second-order valence-corrected chi connectivity index (χ2v) is 8.66. The van der Waals surface area contributed by atoms with Crippen LogP contribution >= 0.6 is 0 Å². The van der Waals surface area contributed by atoms with E-state index in [0.717, 1.165) is 51.4 Å². The summed E-state index contributed by atoms with van der Waals surface area (Å²) in [6.45, 7) is 8.94. The van der Waals surface area contributed by atoms with Crippen molar-refractivity contribution in [2.75, 3.05) is 33.7 Å². The molecular weight excluding hydrogens is 354 g/mol. The number of guanidine groups is 1. The Hall–Kier alpha value is -2.18. The molecule has 0 aliphatic carbocycles. The minimum absolute atomic E-state index is 0.191. The molecule has 1 aromatic rings. The van der Waals surface area contributed by atoms with E-state index in [1.54, 1.807) is 0 Å². The summed E-state index contributed by atoms with van der Waals surface area (Å²) < 4.78 is 7.64. The number of nitrogens with zero attached hydrogens (tertiary/aromatic N) is 4. The molecule has 28 heavy (non-hydrogen) atoms. The van der Waals surface area contributed by atoms with E-state index in [0.29, 0.717) is 5.92 Å². The fourth-order valence-corrected chi connectivity index (χ4v) is 3.54. The molecule has 2 rings (SSSR count). The van der Waals surface area contributed by atoms with Crippen molar-refractivity contribution in [1.82, 2.24) is 19.7 Å². The number of rotatable bonds is 5. The van der Waals surface area contributed by atoms with E-state index < -0.39 is 5.60 Å². The number of likely N-dealkylation sites (tertiary alicyclic amines) is 1. The number of aryl methyl sites for hydroxylation is 1. The second kappa shape index (κ2) is 9.85. The number of hydrogen-bond donors (Lipinski definition) is 1. The zero-order chi connectivity index (χ0) is 20.7. The van der Waals surface area contributed by atoms with Crippen LogP contribution in [0.4, 0.5) is 4.79 Å². The molecule has 0 radical (unpaired) electrons. The number of carbonyl (C=O) groups is 1. The smallest absolute Gasteiger partial charge is 0.410 e. The van der Waals surface area contributed by atoms with Crippen LogP contribution in [0.15, 0.2) is 23.3 Å². The van der Waals surface area contributed by atoms with Crippen molar-refractivity contribution in [3.63, 3.8) is 0 Å². The summed E-state index contributed by atoms with van der Waals surface area (Å²) in [5.41, 5.74) is 0.798. The van der Waals surface area contributed by atoms with Crippen molar-refractivity contribution in [2.24, 2.45) is 18.0 Å². The average Bonchev–Trinajstić information content (AvgIpc) is 3.02. The number of ether oxygens (including phenoxy) is 1. The summed E-state index contributed by atoms with van der Waals surface area (Å²) in [6.07, 6.45) is 5.06. The number of piperidine rings is 1. The lowest BCUT2D eigenvalue weighted by atomic mass is 9.95. The molecule has 1 aliphatic rings. The van der Waals surface area contributed by atoms with Crippen LogP contribution in [0.1, 0.15) is 45.7 Å². The average molecular weight is 392 g/mol. The zero-order valence-electron chi connectivity index (χ0n) is 18.4. The lowest BCUT2D eigenvalue weighted by Crippen LogP contribution is -2.44. The highest BCUT2D eigenvalue weighted by Gasteiger charge is 2.27. The highest BCUT2D eigenvalue weighted by Crippen LogP contribution is 2.21. The Morgan fingerprint density at radius 3 is 2.79 bits per heavy atom. The van der Waals surface area contributed by atoms with E-state index in [-0.39, 0.29) is 6.09 Å². The van der Waals surface area contributed by atoms with Crippen LogP contribution in [0.2, 0.25) is 0 Å². The lowest BCUT2D eigenvalue weighted by Gasteiger charge is -2.34. The lowest BCUT2D eigenvalue weighted by molar-refractivity contribution is 0.0162. The molecule has 1 aromatic heterocycles. The van der Waals surface area contributed by atoms with E-state index in [9.17, 15) is 4.79 Å². The van der Waals surface area contributed by atoms with Gasteiger partial charge in [0.25, 0.3) is 0 Å². The molecule has 158 valence electrons. The first-order chi connectivity index (χ1) is 13.2. The van der Waals surface area contributed by atoms with Crippen LogP contribution in [-0.2, 0) is 18.3 Å². The first-order valence-corrected chi connectivity index (χ1v) is 10.2. The van der Waals surface area contributed by atoms with Crippen LogP contribution in [0.25, 0.3) is 0 Å². The summed E-state index contributed by atoms with van der Waals surface area (Å²) in [4.78, 5) is 20.7. The van der Waals surface area contributed by atoms with Crippen molar-refractivity contribution in [3.8, 4) is 0 Å². The van der Waals surface area contributed by atoms with Gasteiger partial charge < -0.3 is 24.4 Å². The van der Waals surface area contributed by atoms with Gasteiger partial charge in [0.05, 0.1) is 6.54 Å². The first kappa shape index (κ1) is 22.1. The van der Waals surface area contributed by atoms with Gasteiger partial charge in [-0.3, -0.25) is 4.99 Å². The topological polar surface area (TPSA) is 62.1 Å². The van der Waals surface area contributed by atoms with E-state index >= 15 is 0 Å². The fraction of sp³-hybridized carbons (Fsp3) is 0.714. The third-order valence-electron chi connectivity index (χ3n) is 5.03. The molecule has 0 spiro atoms. The fourth-order valence-electron chi connectivity index (χ4n) is 3.54. The number of nitrogens with one attached hydrogen (secondary N) is 1. The van der Waals surface area contributed by atoms with Gasteiger partial charge in [0.2, 0.25) is 0 Å². The van der Waals surface area contributed by atoms with Crippen LogP contribution in [0.3, 0.4) is 0 Å². The maximum atomic E-state index is 12.3. The summed E-state index contributed by atoms with van der Waals surface area (Å²) in [5, 5.41) is 3.46. The zero-order valence-corrected chi connectivity index (χ0v) is 18.4. The first-order valence-electron chi connectivity index (χ1n) is 10.2. The minimum Gasteiger partial charge on any atom is -0.444 e.